The molecule has 0 radical (unpaired) electrons. The molecule has 0 saturated carbocycles. The molecule has 0 fully saturated rings. The molecule has 1 heterocycles. The lowest BCUT2D eigenvalue weighted by molar-refractivity contribution is -0.110. The standard InChI is InChI=1S/C13H10O2/c14-10-6-5-9-8-15-13-4-2-1-3-11(13)12(9)7-10/h1-8,11,13H. The van der Waals surface area contributed by atoms with Gasteiger partial charge in [-0.15, -0.1) is 0 Å². The predicted molar refractivity (Wildman–Crippen MR) is 57.0 cm³/mol. The minimum atomic E-state index is 0.0456. The number of ketones is 1. The molecule has 2 atom stereocenters. The zero-order chi connectivity index (χ0) is 10.3. The molecule has 0 N–H and O–H groups in total. The highest BCUT2D eigenvalue weighted by molar-refractivity contribution is 6.02. The fraction of sp³-hybridized carbons (Fsp3) is 0.154. The first-order valence-electron chi connectivity index (χ1n) is 4.99. The Bertz CT molecular complexity index is 461. The summed E-state index contributed by atoms with van der Waals surface area (Å²) in [6.45, 7) is 0. The van der Waals surface area contributed by atoms with Crippen LogP contribution in [0.5, 0.6) is 0 Å². The van der Waals surface area contributed by atoms with Crippen molar-refractivity contribution < 1.29 is 9.53 Å². The van der Waals surface area contributed by atoms with Crippen LogP contribution in [0.2, 0.25) is 0 Å². The predicted octanol–water partition coefficient (Wildman–Crippen LogP) is 2.08. The zero-order valence-corrected chi connectivity index (χ0v) is 8.09. The van der Waals surface area contributed by atoms with Crippen LogP contribution >= 0.6 is 0 Å². The highest BCUT2D eigenvalue weighted by Gasteiger charge is 2.30. The molecular formula is C13H10O2. The Hall–Kier alpha value is -1.83. The summed E-state index contributed by atoms with van der Waals surface area (Å²) in [5.41, 5.74) is 2.08. The quantitative estimate of drug-likeness (QED) is 0.595. The number of rotatable bonds is 0. The van der Waals surface area contributed by atoms with Crippen LogP contribution in [0.1, 0.15) is 0 Å². The van der Waals surface area contributed by atoms with Gasteiger partial charge in [-0.05, 0) is 29.9 Å². The van der Waals surface area contributed by atoms with Crippen molar-refractivity contribution in [2.75, 3.05) is 0 Å². The third kappa shape index (κ3) is 1.30. The van der Waals surface area contributed by atoms with Crippen LogP contribution in [0.25, 0.3) is 0 Å². The average Bonchev–Trinajstić information content (AvgIpc) is 2.29. The lowest BCUT2D eigenvalue weighted by Gasteiger charge is -2.31. The largest absolute Gasteiger partial charge is 0.492 e. The summed E-state index contributed by atoms with van der Waals surface area (Å²) >= 11 is 0. The van der Waals surface area contributed by atoms with Gasteiger partial charge < -0.3 is 4.74 Å². The van der Waals surface area contributed by atoms with Crippen LogP contribution in [0.15, 0.2) is 59.9 Å². The van der Waals surface area contributed by atoms with E-state index in [0.29, 0.717) is 0 Å². The van der Waals surface area contributed by atoms with Gasteiger partial charge in [0.2, 0.25) is 0 Å². The fourth-order valence-electron chi connectivity index (χ4n) is 2.10. The van der Waals surface area contributed by atoms with Crippen molar-refractivity contribution in [3.8, 4) is 0 Å². The molecule has 0 aromatic carbocycles. The Balaban J connectivity index is 2.07. The average molecular weight is 198 g/mol. The second kappa shape index (κ2) is 3.09. The van der Waals surface area contributed by atoms with Gasteiger partial charge in [0, 0.05) is 11.5 Å². The summed E-state index contributed by atoms with van der Waals surface area (Å²) < 4.78 is 5.58. The summed E-state index contributed by atoms with van der Waals surface area (Å²) in [5, 5.41) is 0. The van der Waals surface area contributed by atoms with Crippen LogP contribution in [0.3, 0.4) is 0 Å². The fourth-order valence-corrected chi connectivity index (χ4v) is 2.10. The zero-order valence-electron chi connectivity index (χ0n) is 8.09. The van der Waals surface area contributed by atoms with Gasteiger partial charge in [0.25, 0.3) is 0 Å². The van der Waals surface area contributed by atoms with Crippen LogP contribution in [0, 0.1) is 5.92 Å². The van der Waals surface area contributed by atoms with Crippen LogP contribution in [0.4, 0.5) is 0 Å². The molecular weight excluding hydrogens is 188 g/mol. The van der Waals surface area contributed by atoms with Crippen molar-refractivity contribution in [2.24, 2.45) is 5.92 Å². The minimum Gasteiger partial charge on any atom is -0.492 e. The summed E-state index contributed by atoms with van der Waals surface area (Å²) in [7, 11) is 0. The van der Waals surface area contributed by atoms with Crippen molar-refractivity contribution in [1.29, 1.82) is 0 Å². The summed E-state index contributed by atoms with van der Waals surface area (Å²) in [6, 6.07) is 0. The van der Waals surface area contributed by atoms with Crippen molar-refractivity contribution in [3.63, 3.8) is 0 Å². The lowest BCUT2D eigenvalue weighted by atomic mass is 9.81. The first kappa shape index (κ1) is 8.48. The van der Waals surface area contributed by atoms with E-state index in [-0.39, 0.29) is 17.8 Å². The number of hydrogen-bond donors (Lipinski definition) is 0. The third-order valence-electron chi connectivity index (χ3n) is 2.85. The summed E-state index contributed by atoms with van der Waals surface area (Å²) in [5.74, 6) is 0.245. The smallest absolute Gasteiger partial charge is 0.178 e. The number of ether oxygens (including phenoxy) is 1. The number of carbonyl (C=O) groups excluding carboxylic acids is 1. The third-order valence-corrected chi connectivity index (χ3v) is 2.85. The second-order valence-electron chi connectivity index (χ2n) is 3.80. The van der Waals surface area contributed by atoms with Crippen molar-refractivity contribution >= 4 is 5.78 Å². The van der Waals surface area contributed by atoms with Gasteiger partial charge in [-0.1, -0.05) is 18.2 Å². The Kier molecular flexibility index (Phi) is 1.75. The molecule has 74 valence electrons. The maximum atomic E-state index is 11.3. The molecule has 0 aromatic rings. The topological polar surface area (TPSA) is 26.3 Å². The van der Waals surface area contributed by atoms with E-state index in [1.54, 1.807) is 18.4 Å². The van der Waals surface area contributed by atoms with Gasteiger partial charge in [0.15, 0.2) is 5.78 Å². The highest BCUT2D eigenvalue weighted by atomic mass is 16.5. The maximum absolute atomic E-state index is 11.3. The van der Waals surface area contributed by atoms with Gasteiger partial charge in [-0.3, -0.25) is 4.79 Å². The van der Waals surface area contributed by atoms with E-state index in [4.69, 9.17) is 4.74 Å². The molecule has 3 rings (SSSR count). The molecule has 2 heteroatoms. The van der Waals surface area contributed by atoms with Gasteiger partial charge in [0.1, 0.15) is 6.10 Å². The molecule has 2 nitrogen and oxygen atoms in total. The summed E-state index contributed by atoms with van der Waals surface area (Å²) in [4.78, 5) is 11.3. The van der Waals surface area contributed by atoms with E-state index < -0.39 is 0 Å². The van der Waals surface area contributed by atoms with Crippen LogP contribution in [-0.4, -0.2) is 11.9 Å². The monoisotopic (exact) mass is 198 g/mol. The van der Waals surface area contributed by atoms with E-state index >= 15 is 0 Å². The van der Waals surface area contributed by atoms with E-state index in [1.165, 1.54) is 0 Å². The molecule has 0 saturated heterocycles. The molecule has 2 aliphatic carbocycles. The lowest BCUT2D eigenvalue weighted by Crippen LogP contribution is -2.27. The van der Waals surface area contributed by atoms with E-state index in [2.05, 4.69) is 6.08 Å². The van der Waals surface area contributed by atoms with Gasteiger partial charge in [0.05, 0.1) is 6.26 Å². The first-order valence-corrected chi connectivity index (χ1v) is 4.99. The van der Waals surface area contributed by atoms with E-state index in [9.17, 15) is 4.79 Å². The Morgan fingerprint density at radius 1 is 1.13 bits per heavy atom. The maximum Gasteiger partial charge on any atom is 0.178 e. The highest BCUT2D eigenvalue weighted by Crippen LogP contribution is 2.35. The van der Waals surface area contributed by atoms with Crippen LogP contribution < -0.4 is 0 Å². The number of hydrogen-bond acceptors (Lipinski definition) is 2. The molecule has 0 spiro atoms. The Labute approximate surface area is 87.9 Å². The SMILES string of the molecule is O=C1C=CC2=COC3C=CC=CC3C2=C1. The number of allylic oxidation sites excluding steroid dienone is 6. The normalized spacial score (nSPS) is 31.3. The Morgan fingerprint density at radius 3 is 2.93 bits per heavy atom. The summed E-state index contributed by atoms with van der Waals surface area (Å²) in [6.07, 6.45) is 14.9. The second-order valence-corrected chi connectivity index (χ2v) is 3.80. The van der Waals surface area contributed by atoms with Gasteiger partial charge in [-0.2, -0.15) is 0 Å². The van der Waals surface area contributed by atoms with Crippen molar-refractivity contribution in [3.05, 3.63) is 59.9 Å². The molecule has 3 aliphatic rings. The Morgan fingerprint density at radius 2 is 2.00 bits per heavy atom. The van der Waals surface area contributed by atoms with Crippen molar-refractivity contribution in [2.45, 2.75) is 6.10 Å². The molecule has 1 aliphatic heterocycles. The molecule has 0 bridgehead atoms. The first-order chi connectivity index (χ1) is 7.34. The molecule has 2 unspecified atom stereocenters. The van der Waals surface area contributed by atoms with E-state index in [1.807, 2.05) is 24.3 Å². The molecule has 0 amide bonds. The molecule has 0 aromatic heterocycles. The van der Waals surface area contributed by atoms with Gasteiger partial charge >= 0.3 is 0 Å². The van der Waals surface area contributed by atoms with Crippen LogP contribution in [-0.2, 0) is 9.53 Å². The van der Waals surface area contributed by atoms with E-state index in [0.717, 1.165) is 11.1 Å². The minimum absolute atomic E-state index is 0.0456. The van der Waals surface area contributed by atoms with Crippen molar-refractivity contribution in [1.82, 2.24) is 0 Å². The number of carbonyl (C=O) groups is 1. The number of fused-ring (bicyclic) bond motifs is 3. The van der Waals surface area contributed by atoms with Gasteiger partial charge in [-0.25, -0.2) is 0 Å². The molecule has 15 heavy (non-hydrogen) atoms.